The molecule has 4 aromatic rings. The standard InChI is InChI=1S/C27H24BClF4N4O5S/c1-34-26(38)22-20-11-18(14-3-4-14)21(13-36(20)35-25(22)15-5-8-17(29)9-6-15)37(43(2,41)42)12-16-7-10-19(28(39)40)24(30)23(16)27(31,32)33/h5-11,13-14,39-40H,3-4,12H2,1-2H3,(H,34,38). The van der Waals surface area contributed by atoms with Crippen LogP contribution in [0.15, 0.2) is 48.7 Å². The second-order valence-electron chi connectivity index (χ2n) is 10.2. The maximum absolute atomic E-state index is 14.9. The number of nitrogens with one attached hydrogen (secondary N) is 1. The zero-order valence-electron chi connectivity index (χ0n) is 22.7. The van der Waals surface area contributed by atoms with Crippen molar-refractivity contribution in [1.29, 1.82) is 0 Å². The van der Waals surface area contributed by atoms with Crippen LogP contribution in [0.3, 0.4) is 0 Å². The fourth-order valence-corrected chi connectivity index (χ4v) is 6.00. The van der Waals surface area contributed by atoms with Crippen LogP contribution in [0.25, 0.3) is 16.8 Å². The first-order valence-corrected chi connectivity index (χ1v) is 15.1. The number of pyridine rings is 1. The van der Waals surface area contributed by atoms with E-state index in [1.54, 1.807) is 30.3 Å². The maximum Gasteiger partial charge on any atom is 0.491 e. The number of hydrogen-bond acceptors (Lipinski definition) is 6. The Balaban J connectivity index is 1.74. The van der Waals surface area contributed by atoms with Gasteiger partial charge in [-0.15, -0.1) is 0 Å². The molecule has 2 heterocycles. The van der Waals surface area contributed by atoms with Crippen molar-refractivity contribution < 1.29 is 40.8 Å². The number of sulfonamides is 1. The third-order valence-corrected chi connectivity index (χ3v) is 8.55. The van der Waals surface area contributed by atoms with Crippen LogP contribution in [0.2, 0.25) is 5.02 Å². The van der Waals surface area contributed by atoms with Crippen molar-refractivity contribution in [3.63, 3.8) is 0 Å². The lowest BCUT2D eigenvalue weighted by Crippen LogP contribution is -2.37. The highest BCUT2D eigenvalue weighted by Crippen LogP contribution is 2.46. The first-order valence-electron chi connectivity index (χ1n) is 12.9. The van der Waals surface area contributed by atoms with Gasteiger partial charge in [0, 0.05) is 23.1 Å². The van der Waals surface area contributed by atoms with Crippen molar-refractivity contribution in [3.8, 4) is 11.3 Å². The molecular formula is C27H24BClF4N4O5S. The minimum atomic E-state index is -5.28. The predicted octanol–water partition coefficient (Wildman–Crippen LogP) is 3.70. The van der Waals surface area contributed by atoms with E-state index in [-0.39, 0.29) is 22.9 Å². The smallest absolute Gasteiger partial charge is 0.423 e. The lowest BCUT2D eigenvalue weighted by molar-refractivity contribution is -0.140. The molecule has 1 saturated carbocycles. The Labute approximate surface area is 248 Å². The molecule has 0 saturated heterocycles. The molecule has 9 nitrogen and oxygen atoms in total. The maximum atomic E-state index is 14.9. The summed E-state index contributed by atoms with van der Waals surface area (Å²) in [5.41, 5.74) is -1.75. The van der Waals surface area contributed by atoms with E-state index in [9.17, 15) is 40.8 Å². The summed E-state index contributed by atoms with van der Waals surface area (Å²) >= 11 is 6.02. The molecule has 0 radical (unpaired) electrons. The molecule has 3 N–H and O–H groups in total. The minimum Gasteiger partial charge on any atom is -0.423 e. The van der Waals surface area contributed by atoms with Crippen LogP contribution < -0.4 is 15.1 Å². The molecular weight excluding hydrogens is 615 g/mol. The van der Waals surface area contributed by atoms with Gasteiger partial charge in [-0.05, 0) is 48.1 Å². The van der Waals surface area contributed by atoms with E-state index in [0.717, 1.165) is 22.7 Å². The first-order chi connectivity index (χ1) is 20.1. The van der Waals surface area contributed by atoms with Gasteiger partial charge in [0.15, 0.2) is 0 Å². The summed E-state index contributed by atoms with van der Waals surface area (Å²) in [6.07, 6.45) is -1.82. The highest BCUT2D eigenvalue weighted by Gasteiger charge is 2.41. The summed E-state index contributed by atoms with van der Waals surface area (Å²) in [7, 11) is -5.36. The molecule has 1 aliphatic carbocycles. The molecule has 0 spiro atoms. The highest BCUT2D eigenvalue weighted by atomic mass is 35.5. The molecule has 226 valence electrons. The molecule has 5 rings (SSSR count). The number of anilines is 1. The van der Waals surface area contributed by atoms with Crippen LogP contribution in [0.1, 0.15) is 45.8 Å². The van der Waals surface area contributed by atoms with Crippen LogP contribution >= 0.6 is 11.6 Å². The Morgan fingerprint density at radius 3 is 2.37 bits per heavy atom. The second kappa shape index (κ2) is 11.1. The van der Waals surface area contributed by atoms with Crippen molar-refractivity contribution in [3.05, 3.63) is 81.8 Å². The van der Waals surface area contributed by atoms with Gasteiger partial charge in [0.1, 0.15) is 11.5 Å². The molecule has 43 heavy (non-hydrogen) atoms. The van der Waals surface area contributed by atoms with Crippen molar-refractivity contribution in [2.45, 2.75) is 31.5 Å². The van der Waals surface area contributed by atoms with Gasteiger partial charge in [-0.3, -0.25) is 9.10 Å². The van der Waals surface area contributed by atoms with Crippen LogP contribution in [-0.4, -0.2) is 54.4 Å². The van der Waals surface area contributed by atoms with E-state index in [2.05, 4.69) is 10.4 Å². The van der Waals surface area contributed by atoms with Crippen LogP contribution in [0.5, 0.6) is 0 Å². The topological polar surface area (TPSA) is 124 Å². The molecule has 0 atom stereocenters. The summed E-state index contributed by atoms with van der Waals surface area (Å²) in [6, 6.07) is 9.70. The van der Waals surface area contributed by atoms with Gasteiger partial charge in [-0.2, -0.15) is 18.3 Å². The number of fused-ring (bicyclic) bond motifs is 1. The summed E-state index contributed by atoms with van der Waals surface area (Å²) in [6.45, 7) is -0.925. The summed E-state index contributed by atoms with van der Waals surface area (Å²) in [4.78, 5) is 13.0. The first kappa shape index (κ1) is 30.8. The van der Waals surface area contributed by atoms with E-state index in [0.29, 0.717) is 34.5 Å². The number of amides is 1. The molecule has 2 aromatic heterocycles. The second-order valence-corrected chi connectivity index (χ2v) is 12.5. The third-order valence-electron chi connectivity index (χ3n) is 7.17. The molecule has 1 amide bonds. The van der Waals surface area contributed by atoms with Gasteiger partial charge < -0.3 is 15.4 Å². The lowest BCUT2D eigenvalue weighted by atomic mass is 9.78. The number of halogens is 5. The summed E-state index contributed by atoms with van der Waals surface area (Å²) < 4.78 is 85.3. The molecule has 1 fully saturated rings. The minimum absolute atomic E-state index is 0.00548. The third kappa shape index (κ3) is 5.94. The average Bonchev–Trinajstić information content (AvgIpc) is 3.69. The largest absolute Gasteiger partial charge is 0.491 e. The molecule has 0 aliphatic heterocycles. The molecule has 0 bridgehead atoms. The van der Waals surface area contributed by atoms with Gasteiger partial charge in [-0.1, -0.05) is 35.9 Å². The van der Waals surface area contributed by atoms with Crippen molar-refractivity contribution in [2.75, 3.05) is 17.6 Å². The number of carbonyl (C=O) groups excluding carboxylic acids is 1. The Bertz CT molecular complexity index is 1850. The number of nitrogens with zero attached hydrogens (tertiary/aromatic N) is 3. The Morgan fingerprint density at radius 2 is 1.84 bits per heavy atom. The molecule has 2 aromatic carbocycles. The fraction of sp³-hybridized carbons (Fsp3) is 0.259. The summed E-state index contributed by atoms with van der Waals surface area (Å²) in [5, 5.41) is 26.3. The van der Waals surface area contributed by atoms with Crippen LogP contribution in [0.4, 0.5) is 23.2 Å². The highest BCUT2D eigenvalue weighted by molar-refractivity contribution is 7.92. The van der Waals surface area contributed by atoms with E-state index in [1.165, 1.54) is 17.8 Å². The number of carbonyl (C=O) groups is 1. The van der Waals surface area contributed by atoms with Gasteiger partial charge in [0.2, 0.25) is 10.0 Å². The Morgan fingerprint density at radius 1 is 1.19 bits per heavy atom. The van der Waals surface area contributed by atoms with E-state index >= 15 is 0 Å². The average molecular weight is 639 g/mol. The number of rotatable bonds is 8. The van der Waals surface area contributed by atoms with Crippen LogP contribution in [-0.2, 0) is 22.7 Å². The number of alkyl halides is 3. The van der Waals surface area contributed by atoms with Crippen molar-refractivity contribution in [2.24, 2.45) is 0 Å². The quantitative estimate of drug-likeness (QED) is 0.200. The fourth-order valence-electron chi connectivity index (χ4n) is 4.99. The Hall–Kier alpha value is -3.66. The number of benzene rings is 2. The number of aromatic nitrogens is 2. The van der Waals surface area contributed by atoms with Crippen LogP contribution in [0, 0.1) is 5.82 Å². The zero-order chi connectivity index (χ0) is 31.4. The summed E-state index contributed by atoms with van der Waals surface area (Å²) in [5.74, 6) is -2.53. The zero-order valence-corrected chi connectivity index (χ0v) is 24.2. The molecule has 1 aliphatic rings. The van der Waals surface area contributed by atoms with Gasteiger partial charge in [0.05, 0.1) is 41.3 Å². The molecule has 0 unspecified atom stereocenters. The monoisotopic (exact) mass is 638 g/mol. The normalized spacial score (nSPS) is 13.8. The van der Waals surface area contributed by atoms with E-state index in [4.69, 9.17) is 11.6 Å². The predicted molar refractivity (Wildman–Crippen MR) is 153 cm³/mol. The lowest BCUT2D eigenvalue weighted by Gasteiger charge is -2.27. The van der Waals surface area contributed by atoms with Crippen molar-refractivity contribution in [1.82, 2.24) is 14.9 Å². The Kier molecular flexibility index (Phi) is 7.96. The van der Waals surface area contributed by atoms with Gasteiger partial charge >= 0.3 is 13.3 Å². The van der Waals surface area contributed by atoms with Gasteiger partial charge in [-0.25, -0.2) is 17.3 Å². The molecule has 16 heteroatoms. The number of hydrogen-bond donors (Lipinski definition) is 3. The van der Waals surface area contributed by atoms with E-state index in [1.807, 2.05) is 0 Å². The van der Waals surface area contributed by atoms with Crippen molar-refractivity contribution >= 4 is 51.3 Å². The van der Waals surface area contributed by atoms with E-state index < -0.39 is 58.2 Å². The van der Waals surface area contributed by atoms with Gasteiger partial charge in [0.25, 0.3) is 5.91 Å². The SMILES string of the molecule is CNC(=O)c1c(-c2ccc(Cl)cc2)nn2cc(N(Cc3ccc(B(O)O)c(F)c3C(F)(F)F)S(C)(=O)=O)c(C3CC3)cc12.